The molecule has 0 saturated heterocycles. The van der Waals surface area contributed by atoms with Crippen molar-refractivity contribution in [1.82, 2.24) is 4.31 Å². The van der Waals surface area contributed by atoms with Gasteiger partial charge in [0.1, 0.15) is 11.5 Å². The Morgan fingerprint density at radius 2 is 1.56 bits per heavy atom. The second-order valence-corrected chi connectivity index (χ2v) is 7.45. The lowest BCUT2D eigenvalue weighted by Crippen LogP contribution is -2.30. The lowest BCUT2D eigenvalue weighted by Gasteiger charge is -2.20. The van der Waals surface area contributed by atoms with Crippen LogP contribution in [0.25, 0.3) is 0 Å². The van der Waals surface area contributed by atoms with Gasteiger partial charge in [0.25, 0.3) is 0 Å². The third kappa shape index (κ3) is 3.89. The van der Waals surface area contributed by atoms with E-state index in [-0.39, 0.29) is 23.8 Å². The summed E-state index contributed by atoms with van der Waals surface area (Å²) in [4.78, 5) is 11.6. The van der Waals surface area contributed by atoms with Crippen LogP contribution in [0.4, 0.5) is 0 Å². The van der Waals surface area contributed by atoms with Gasteiger partial charge in [-0.3, -0.25) is 4.79 Å². The summed E-state index contributed by atoms with van der Waals surface area (Å²) >= 11 is 0. The number of sulfonamides is 1. The first-order valence-electron chi connectivity index (χ1n) is 7.63. The fraction of sp³-hybridized carbons (Fsp3) is 0.167. The van der Waals surface area contributed by atoms with E-state index >= 15 is 0 Å². The van der Waals surface area contributed by atoms with E-state index in [1.807, 2.05) is 0 Å². The third-order valence-electron chi connectivity index (χ3n) is 3.70. The van der Waals surface area contributed by atoms with Crippen LogP contribution in [-0.2, 0) is 23.1 Å². The Kier molecular flexibility index (Phi) is 4.87. The van der Waals surface area contributed by atoms with Crippen molar-refractivity contribution >= 4 is 15.8 Å². The van der Waals surface area contributed by atoms with Gasteiger partial charge in [-0.1, -0.05) is 12.1 Å². The van der Waals surface area contributed by atoms with Crippen LogP contribution in [0.3, 0.4) is 0 Å². The molecule has 0 aliphatic heterocycles. The predicted octanol–water partition coefficient (Wildman–Crippen LogP) is 3.47. The number of nitrogens with zero attached hydrogens (tertiary/aromatic N) is 1. The fourth-order valence-corrected chi connectivity index (χ4v) is 3.82. The van der Waals surface area contributed by atoms with E-state index in [4.69, 9.17) is 8.83 Å². The van der Waals surface area contributed by atoms with E-state index in [2.05, 4.69) is 0 Å². The van der Waals surface area contributed by atoms with Crippen molar-refractivity contribution in [3.05, 3.63) is 78.1 Å². The van der Waals surface area contributed by atoms with E-state index < -0.39 is 10.0 Å². The average Bonchev–Trinajstić information content (AvgIpc) is 3.28. The first-order valence-corrected chi connectivity index (χ1v) is 9.07. The maximum atomic E-state index is 13.1. The topological polar surface area (TPSA) is 80.7 Å². The van der Waals surface area contributed by atoms with Crippen LogP contribution in [0.2, 0.25) is 0 Å². The highest BCUT2D eigenvalue weighted by Gasteiger charge is 2.27. The molecule has 0 N–H and O–H groups in total. The summed E-state index contributed by atoms with van der Waals surface area (Å²) in [6, 6.07) is 12.8. The van der Waals surface area contributed by atoms with Crippen molar-refractivity contribution in [2.75, 3.05) is 0 Å². The van der Waals surface area contributed by atoms with Gasteiger partial charge < -0.3 is 8.83 Å². The van der Waals surface area contributed by atoms with Gasteiger partial charge >= 0.3 is 0 Å². The summed E-state index contributed by atoms with van der Waals surface area (Å²) < 4.78 is 38.0. The van der Waals surface area contributed by atoms with E-state index in [1.54, 1.807) is 36.4 Å². The molecule has 2 heterocycles. The standard InChI is InChI=1S/C18H17NO5S/c1-14(20)15-5-2-8-18(11-15)25(21,22)19(12-16-6-3-9-23-16)13-17-7-4-10-24-17/h2-11H,12-13H2,1H3. The van der Waals surface area contributed by atoms with E-state index in [1.165, 1.54) is 35.9 Å². The van der Waals surface area contributed by atoms with Crippen LogP contribution >= 0.6 is 0 Å². The molecule has 130 valence electrons. The molecule has 0 fully saturated rings. The quantitative estimate of drug-likeness (QED) is 0.604. The maximum absolute atomic E-state index is 13.1. The molecule has 0 unspecified atom stereocenters. The number of furan rings is 2. The Labute approximate surface area is 145 Å². The Morgan fingerprint density at radius 3 is 2.04 bits per heavy atom. The molecule has 1 aromatic carbocycles. The van der Waals surface area contributed by atoms with Gasteiger partial charge in [-0.15, -0.1) is 0 Å². The Bertz CT molecular complexity index is 907. The molecule has 2 aromatic heterocycles. The minimum Gasteiger partial charge on any atom is -0.468 e. The molecule has 0 spiro atoms. The van der Waals surface area contributed by atoms with E-state index in [9.17, 15) is 13.2 Å². The predicted molar refractivity (Wildman–Crippen MR) is 90.3 cm³/mol. The summed E-state index contributed by atoms with van der Waals surface area (Å²) in [5, 5.41) is 0. The van der Waals surface area contributed by atoms with Gasteiger partial charge in [0, 0.05) is 5.56 Å². The van der Waals surface area contributed by atoms with Gasteiger partial charge in [0.15, 0.2) is 5.78 Å². The smallest absolute Gasteiger partial charge is 0.243 e. The highest BCUT2D eigenvalue weighted by molar-refractivity contribution is 7.89. The lowest BCUT2D eigenvalue weighted by atomic mass is 10.2. The summed E-state index contributed by atoms with van der Waals surface area (Å²) in [5.74, 6) is 0.830. The molecule has 0 aliphatic rings. The van der Waals surface area contributed by atoms with Crippen LogP contribution in [0.5, 0.6) is 0 Å². The number of hydrogen-bond donors (Lipinski definition) is 0. The molecule has 0 saturated carbocycles. The molecule has 0 amide bonds. The van der Waals surface area contributed by atoms with Gasteiger partial charge in [-0.25, -0.2) is 8.42 Å². The Hall–Kier alpha value is -2.64. The molecule has 25 heavy (non-hydrogen) atoms. The number of Topliss-reactive ketones (excluding diaryl/α,β-unsaturated/α-hetero) is 1. The van der Waals surface area contributed by atoms with Gasteiger partial charge in [0.05, 0.1) is 30.5 Å². The fourth-order valence-electron chi connectivity index (χ4n) is 2.40. The van der Waals surface area contributed by atoms with E-state index in [0.29, 0.717) is 17.1 Å². The highest BCUT2D eigenvalue weighted by Crippen LogP contribution is 2.22. The third-order valence-corrected chi connectivity index (χ3v) is 5.49. The molecule has 0 atom stereocenters. The number of carbonyl (C=O) groups excluding carboxylic acids is 1. The maximum Gasteiger partial charge on any atom is 0.243 e. The second kappa shape index (κ2) is 7.08. The van der Waals surface area contributed by atoms with Crippen LogP contribution in [0.1, 0.15) is 28.8 Å². The summed E-state index contributed by atoms with van der Waals surface area (Å²) in [6.45, 7) is 1.51. The first-order chi connectivity index (χ1) is 12.0. The summed E-state index contributed by atoms with van der Waals surface area (Å²) in [5.41, 5.74) is 0.344. The molecular weight excluding hydrogens is 342 g/mol. The van der Waals surface area contributed by atoms with Crippen molar-refractivity contribution in [1.29, 1.82) is 0 Å². The normalized spacial score (nSPS) is 11.8. The zero-order chi connectivity index (χ0) is 17.9. The number of rotatable bonds is 7. The first kappa shape index (κ1) is 17.2. The van der Waals surface area contributed by atoms with Crippen molar-refractivity contribution < 1.29 is 22.0 Å². The average molecular weight is 359 g/mol. The highest BCUT2D eigenvalue weighted by atomic mass is 32.2. The minimum atomic E-state index is -3.85. The number of hydrogen-bond acceptors (Lipinski definition) is 5. The molecule has 0 radical (unpaired) electrons. The monoisotopic (exact) mass is 359 g/mol. The Morgan fingerprint density at radius 1 is 0.960 bits per heavy atom. The Balaban J connectivity index is 1.97. The zero-order valence-corrected chi connectivity index (χ0v) is 14.4. The van der Waals surface area contributed by atoms with Crippen molar-refractivity contribution in [3.8, 4) is 0 Å². The van der Waals surface area contributed by atoms with Crippen molar-refractivity contribution in [2.24, 2.45) is 0 Å². The van der Waals surface area contributed by atoms with Crippen molar-refractivity contribution in [2.45, 2.75) is 24.9 Å². The lowest BCUT2D eigenvalue weighted by molar-refractivity contribution is 0.101. The summed E-state index contributed by atoms with van der Waals surface area (Å²) in [6.07, 6.45) is 2.98. The molecule has 0 bridgehead atoms. The minimum absolute atomic E-state index is 0.0540. The van der Waals surface area contributed by atoms with Crippen molar-refractivity contribution in [3.63, 3.8) is 0 Å². The van der Waals surface area contributed by atoms with Gasteiger partial charge in [0.2, 0.25) is 10.0 Å². The number of benzene rings is 1. The molecule has 0 aliphatic carbocycles. The van der Waals surface area contributed by atoms with Gasteiger partial charge in [-0.05, 0) is 43.3 Å². The molecule has 3 rings (SSSR count). The SMILES string of the molecule is CC(=O)c1cccc(S(=O)(=O)N(Cc2ccco2)Cc2ccco2)c1. The van der Waals surface area contributed by atoms with Crippen LogP contribution in [0.15, 0.2) is 74.8 Å². The molecule has 3 aromatic rings. The number of ketones is 1. The molecule has 6 nitrogen and oxygen atoms in total. The summed E-state index contributed by atoms with van der Waals surface area (Å²) in [7, 11) is -3.85. The van der Waals surface area contributed by atoms with Crippen LogP contribution < -0.4 is 0 Å². The van der Waals surface area contributed by atoms with Gasteiger partial charge in [-0.2, -0.15) is 4.31 Å². The van der Waals surface area contributed by atoms with Crippen LogP contribution in [0, 0.1) is 0 Å². The number of carbonyl (C=O) groups is 1. The largest absolute Gasteiger partial charge is 0.468 e. The zero-order valence-electron chi connectivity index (χ0n) is 13.6. The second-order valence-electron chi connectivity index (χ2n) is 5.52. The van der Waals surface area contributed by atoms with E-state index in [0.717, 1.165) is 0 Å². The molecular formula is C18H17NO5S. The molecule has 7 heteroatoms. The van der Waals surface area contributed by atoms with Crippen LogP contribution in [-0.4, -0.2) is 18.5 Å².